The number of rotatable bonds is 4. The SMILES string of the molecule is Cc1nc(-c2ccc(N3CCN(C(=O)Cc4cccs4)CC3)cc2)no1. The Morgan fingerprint density at radius 1 is 1.15 bits per heavy atom. The molecule has 1 aliphatic rings. The zero-order valence-electron chi connectivity index (χ0n) is 14.6. The molecule has 0 aliphatic carbocycles. The average molecular weight is 368 g/mol. The molecule has 6 nitrogen and oxygen atoms in total. The summed E-state index contributed by atoms with van der Waals surface area (Å²) >= 11 is 1.64. The van der Waals surface area contributed by atoms with Gasteiger partial charge in [-0.05, 0) is 35.7 Å². The Balaban J connectivity index is 1.35. The maximum Gasteiger partial charge on any atom is 0.227 e. The van der Waals surface area contributed by atoms with Gasteiger partial charge in [-0.3, -0.25) is 4.79 Å². The molecule has 1 saturated heterocycles. The molecule has 0 spiro atoms. The fourth-order valence-electron chi connectivity index (χ4n) is 3.13. The van der Waals surface area contributed by atoms with Crippen LogP contribution in [0.5, 0.6) is 0 Å². The highest BCUT2D eigenvalue weighted by molar-refractivity contribution is 7.10. The predicted molar refractivity (Wildman–Crippen MR) is 101 cm³/mol. The van der Waals surface area contributed by atoms with Crippen molar-refractivity contribution in [1.29, 1.82) is 0 Å². The lowest BCUT2D eigenvalue weighted by atomic mass is 10.1. The Hall–Kier alpha value is -2.67. The van der Waals surface area contributed by atoms with E-state index >= 15 is 0 Å². The standard InChI is InChI=1S/C19H20N4O2S/c1-14-20-19(21-25-14)15-4-6-16(7-5-15)22-8-10-23(11-9-22)18(24)13-17-3-2-12-26-17/h2-7,12H,8-11,13H2,1H3. The van der Waals surface area contributed by atoms with Gasteiger partial charge in [0.25, 0.3) is 0 Å². The maximum atomic E-state index is 12.4. The van der Waals surface area contributed by atoms with E-state index in [1.165, 1.54) is 0 Å². The molecule has 3 aromatic rings. The molecule has 0 radical (unpaired) electrons. The molecule has 1 aromatic carbocycles. The molecule has 7 heteroatoms. The van der Waals surface area contributed by atoms with E-state index in [0.29, 0.717) is 18.1 Å². The van der Waals surface area contributed by atoms with Gasteiger partial charge in [-0.25, -0.2) is 0 Å². The second-order valence-electron chi connectivity index (χ2n) is 6.31. The molecular weight excluding hydrogens is 348 g/mol. The van der Waals surface area contributed by atoms with Gasteiger partial charge in [-0.15, -0.1) is 11.3 Å². The largest absolute Gasteiger partial charge is 0.368 e. The van der Waals surface area contributed by atoms with Crippen molar-refractivity contribution in [3.05, 3.63) is 52.5 Å². The Labute approximate surface area is 156 Å². The van der Waals surface area contributed by atoms with Crippen LogP contribution in [0.4, 0.5) is 5.69 Å². The zero-order chi connectivity index (χ0) is 17.9. The van der Waals surface area contributed by atoms with Crippen molar-refractivity contribution in [1.82, 2.24) is 15.0 Å². The zero-order valence-corrected chi connectivity index (χ0v) is 15.4. The molecule has 1 aliphatic heterocycles. The average Bonchev–Trinajstić information content (AvgIpc) is 3.34. The van der Waals surface area contributed by atoms with E-state index in [9.17, 15) is 4.79 Å². The number of carbonyl (C=O) groups excluding carboxylic acids is 1. The summed E-state index contributed by atoms with van der Waals surface area (Å²) in [6.45, 7) is 4.99. The maximum absolute atomic E-state index is 12.4. The fourth-order valence-corrected chi connectivity index (χ4v) is 3.82. The number of aromatic nitrogens is 2. The van der Waals surface area contributed by atoms with Crippen molar-refractivity contribution >= 4 is 22.9 Å². The van der Waals surface area contributed by atoms with Gasteiger partial charge in [0.15, 0.2) is 0 Å². The predicted octanol–water partition coefficient (Wildman–Crippen LogP) is 3.00. The van der Waals surface area contributed by atoms with Crippen LogP contribution in [0.25, 0.3) is 11.4 Å². The van der Waals surface area contributed by atoms with E-state index in [2.05, 4.69) is 27.2 Å². The molecule has 0 unspecified atom stereocenters. The van der Waals surface area contributed by atoms with Crippen molar-refractivity contribution < 1.29 is 9.32 Å². The first-order valence-corrected chi connectivity index (χ1v) is 9.53. The lowest BCUT2D eigenvalue weighted by Gasteiger charge is -2.36. The topological polar surface area (TPSA) is 62.5 Å². The number of aryl methyl sites for hydroxylation is 1. The molecule has 134 valence electrons. The summed E-state index contributed by atoms with van der Waals surface area (Å²) in [5.74, 6) is 1.39. The van der Waals surface area contributed by atoms with Crippen molar-refractivity contribution in [2.45, 2.75) is 13.3 Å². The molecular formula is C19H20N4O2S. The monoisotopic (exact) mass is 368 g/mol. The summed E-state index contributed by atoms with van der Waals surface area (Å²) in [5.41, 5.74) is 2.09. The number of hydrogen-bond acceptors (Lipinski definition) is 6. The molecule has 0 saturated carbocycles. The van der Waals surface area contributed by atoms with Crippen LogP contribution in [0.3, 0.4) is 0 Å². The first kappa shape index (κ1) is 16.8. The van der Waals surface area contributed by atoms with Crippen LogP contribution in [0.2, 0.25) is 0 Å². The van der Waals surface area contributed by atoms with Crippen LogP contribution in [-0.2, 0) is 11.2 Å². The number of thiophene rings is 1. The van der Waals surface area contributed by atoms with E-state index in [-0.39, 0.29) is 5.91 Å². The normalized spacial score (nSPS) is 14.7. The first-order chi connectivity index (χ1) is 12.7. The van der Waals surface area contributed by atoms with Gasteiger partial charge in [0.2, 0.25) is 17.6 Å². The van der Waals surface area contributed by atoms with Gasteiger partial charge >= 0.3 is 0 Å². The van der Waals surface area contributed by atoms with Gasteiger partial charge in [0.05, 0.1) is 6.42 Å². The molecule has 0 N–H and O–H groups in total. The Bertz CT molecular complexity index is 865. The highest BCUT2D eigenvalue weighted by Crippen LogP contribution is 2.22. The quantitative estimate of drug-likeness (QED) is 0.708. The molecule has 1 amide bonds. The van der Waals surface area contributed by atoms with Crippen molar-refractivity contribution in [3.63, 3.8) is 0 Å². The van der Waals surface area contributed by atoms with Crippen LogP contribution in [0.15, 0.2) is 46.3 Å². The number of amides is 1. The minimum absolute atomic E-state index is 0.218. The number of anilines is 1. The molecule has 3 heterocycles. The molecule has 1 fully saturated rings. The summed E-state index contributed by atoms with van der Waals surface area (Å²) in [4.78, 5) is 22.1. The van der Waals surface area contributed by atoms with Crippen LogP contribution < -0.4 is 4.90 Å². The van der Waals surface area contributed by atoms with Gasteiger partial charge in [0, 0.05) is 49.2 Å². The number of nitrogens with zero attached hydrogens (tertiary/aromatic N) is 4. The summed E-state index contributed by atoms with van der Waals surface area (Å²) in [7, 11) is 0. The molecule has 0 atom stereocenters. The van der Waals surface area contributed by atoms with Crippen molar-refractivity contribution in [3.8, 4) is 11.4 Å². The second-order valence-corrected chi connectivity index (χ2v) is 7.34. The second kappa shape index (κ2) is 7.29. The molecule has 2 aromatic heterocycles. The lowest BCUT2D eigenvalue weighted by molar-refractivity contribution is -0.130. The lowest BCUT2D eigenvalue weighted by Crippen LogP contribution is -2.49. The van der Waals surface area contributed by atoms with Crippen LogP contribution in [-0.4, -0.2) is 47.1 Å². The number of piperazine rings is 1. The smallest absolute Gasteiger partial charge is 0.227 e. The number of hydrogen-bond donors (Lipinski definition) is 0. The minimum Gasteiger partial charge on any atom is -0.368 e. The number of carbonyl (C=O) groups is 1. The van der Waals surface area contributed by atoms with Crippen LogP contribution in [0.1, 0.15) is 10.8 Å². The third kappa shape index (κ3) is 3.62. The van der Waals surface area contributed by atoms with E-state index in [1.54, 1.807) is 18.3 Å². The van der Waals surface area contributed by atoms with Crippen molar-refractivity contribution in [2.75, 3.05) is 31.1 Å². The van der Waals surface area contributed by atoms with Gasteiger partial charge in [-0.2, -0.15) is 4.98 Å². The first-order valence-electron chi connectivity index (χ1n) is 8.65. The van der Waals surface area contributed by atoms with Crippen molar-refractivity contribution in [2.24, 2.45) is 0 Å². The Morgan fingerprint density at radius 2 is 1.92 bits per heavy atom. The summed E-state index contributed by atoms with van der Waals surface area (Å²) in [5, 5.41) is 5.96. The van der Waals surface area contributed by atoms with Crippen LogP contribution >= 0.6 is 11.3 Å². The summed E-state index contributed by atoms with van der Waals surface area (Å²) < 4.78 is 5.03. The van der Waals surface area contributed by atoms with E-state index in [4.69, 9.17) is 4.52 Å². The summed E-state index contributed by atoms with van der Waals surface area (Å²) in [6.07, 6.45) is 0.510. The van der Waals surface area contributed by atoms with Gasteiger partial charge < -0.3 is 14.3 Å². The van der Waals surface area contributed by atoms with Gasteiger partial charge in [0.1, 0.15) is 0 Å². The molecule has 26 heavy (non-hydrogen) atoms. The minimum atomic E-state index is 0.218. The highest BCUT2D eigenvalue weighted by atomic mass is 32.1. The molecule has 0 bridgehead atoms. The van der Waals surface area contributed by atoms with Crippen LogP contribution in [0, 0.1) is 6.92 Å². The van der Waals surface area contributed by atoms with E-state index in [1.807, 2.05) is 34.5 Å². The van der Waals surface area contributed by atoms with E-state index in [0.717, 1.165) is 42.3 Å². The third-order valence-corrected chi connectivity index (χ3v) is 5.43. The summed E-state index contributed by atoms with van der Waals surface area (Å²) in [6, 6.07) is 12.2. The third-order valence-electron chi connectivity index (χ3n) is 4.56. The Morgan fingerprint density at radius 3 is 2.54 bits per heavy atom. The fraction of sp³-hybridized carbons (Fsp3) is 0.316. The molecule has 4 rings (SSSR count). The van der Waals surface area contributed by atoms with Gasteiger partial charge in [-0.1, -0.05) is 11.2 Å². The highest BCUT2D eigenvalue weighted by Gasteiger charge is 2.21. The number of benzene rings is 1. The van der Waals surface area contributed by atoms with E-state index < -0.39 is 0 Å². The Kier molecular flexibility index (Phi) is 4.71.